The fraction of sp³-hybridized carbons (Fsp3) is 1.00. The third kappa shape index (κ3) is 3.97. The van der Waals surface area contributed by atoms with Crippen molar-refractivity contribution in [3.8, 4) is 0 Å². The number of nitrogens with one attached hydrogen (secondary N) is 1. The van der Waals surface area contributed by atoms with Crippen LogP contribution in [-0.4, -0.2) is 12.6 Å². The molecule has 2 fully saturated rings. The van der Waals surface area contributed by atoms with Crippen LogP contribution in [0.15, 0.2) is 0 Å². The molecule has 0 bridgehead atoms. The SMILES string of the molecule is CCC1CCCC1C1CC(C)C(C)CC(C)CCN1. The molecule has 0 aromatic carbocycles. The number of hydrogen-bond acceptors (Lipinski definition) is 1. The maximum atomic E-state index is 3.95. The van der Waals surface area contributed by atoms with Gasteiger partial charge in [-0.15, -0.1) is 0 Å². The third-order valence-corrected chi connectivity index (χ3v) is 6.17. The molecule has 19 heavy (non-hydrogen) atoms. The van der Waals surface area contributed by atoms with Gasteiger partial charge in [0.1, 0.15) is 0 Å². The molecule has 0 amide bonds. The summed E-state index contributed by atoms with van der Waals surface area (Å²) in [6.45, 7) is 11.1. The molecule has 0 radical (unpaired) electrons. The Hall–Kier alpha value is -0.0400. The van der Waals surface area contributed by atoms with Crippen LogP contribution in [0.3, 0.4) is 0 Å². The van der Waals surface area contributed by atoms with Gasteiger partial charge in [0.05, 0.1) is 0 Å². The first-order valence-electron chi connectivity index (χ1n) is 8.85. The van der Waals surface area contributed by atoms with Crippen molar-refractivity contribution >= 4 is 0 Å². The van der Waals surface area contributed by atoms with Crippen LogP contribution in [0, 0.1) is 29.6 Å². The van der Waals surface area contributed by atoms with Gasteiger partial charge in [0.2, 0.25) is 0 Å². The molecule has 1 N–H and O–H groups in total. The molecule has 112 valence electrons. The normalized spacial score (nSPS) is 45.5. The second-order valence-electron chi connectivity index (χ2n) is 7.64. The summed E-state index contributed by atoms with van der Waals surface area (Å²) >= 11 is 0. The lowest BCUT2D eigenvalue weighted by Gasteiger charge is -2.32. The van der Waals surface area contributed by atoms with Crippen LogP contribution in [0.4, 0.5) is 0 Å². The van der Waals surface area contributed by atoms with E-state index in [9.17, 15) is 0 Å². The first kappa shape index (κ1) is 15.4. The molecule has 0 spiro atoms. The van der Waals surface area contributed by atoms with Crippen molar-refractivity contribution in [2.24, 2.45) is 29.6 Å². The van der Waals surface area contributed by atoms with Gasteiger partial charge in [0.15, 0.2) is 0 Å². The molecular weight excluding hydrogens is 230 g/mol. The van der Waals surface area contributed by atoms with Crippen molar-refractivity contribution in [1.82, 2.24) is 5.32 Å². The Kier molecular flexibility index (Phi) is 5.74. The van der Waals surface area contributed by atoms with Gasteiger partial charge in [-0.25, -0.2) is 0 Å². The molecule has 0 aromatic heterocycles. The molecule has 1 saturated carbocycles. The molecule has 1 saturated heterocycles. The average molecular weight is 265 g/mol. The lowest BCUT2D eigenvalue weighted by Crippen LogP contribution is -2.39. The van der Waals surface area contributed by atoms with E-state index in [1.807, 2.05) is 0 Å². The molecular formula is C18H35N. The van der Waals surface area contributed by atoms with E-state index in [1.54, 1.807) is 0 Å². The van der Waals surface area contributed by atoms with Gasteiger partial charge in [0, 0.05) is 6.04 Å². The third-order valence-electron chi connectivity index (χ3n) is 6.17. The highest BCUT2D eigenvalue weighted by molar-refractivity contribution is 4.88. The highest BCUT2D eigenvalue weighted by Gasteiger charge is 2.34. The maximum absolute atomic E-state index is 3.95. The van der Waals surface area contributed by atoms with Gasteiger partial charge in [-0.1, -0.05) is 47.0 Å². The standard InChI is InChI=1S/C18H35N/c1-5-16-7-6-8-17(16)18-12-15(4)14(3)11-13(2)9-10-19-18/h13-19H,5-12H2,1-4H3. The second-order valence-corrected chi connectivity index (χ2v) is 7.64. The zero-order chi connectivity index (χ0) is 13.8. The Morgan fingerprint density at radius 2 is 1.68 bits per heavy atom. The first-order valence-corrected chi connectivity index (χ1v) is 8.85. The minimum absolute atomic E-state index is 0.801. The van der Waals surface area contributed by atoms with Crippen molar-refractivity contribution in [2.45, 2.75) is 78.7 Å². The lowest BCUT2D eigenvalue weighted by atomic mass is 9.79. The minimum Gasteiger partial charge on any atom is -0.314 e. The predicted octanol–water partition coefficient (Wildman–Crippen LogP) is 4.86. The van der Waals surface area contributed by atoms with E-state index in [2.05, 4.69) is 33.0 Å². The zero-order valence-electron chi connectivity index (χ0n) is 13.6. The molecule has 1 aliphatic carbocycles. The Morgan fingerprint density at radius 1 is 0.947 bits per heavy atom. The van der Waals surface area contributed by atoms with E-state index in [0.717, 1.165) is 35.6 Å². The smallest absolute Gasteiger partial charge is 0.0101 e. The minimum atomic E-state index is 0.801. The van der Waals surface area contributed by atoms with E-state index < -0.39 is 0 Å². The second kappa shape index (κ2) is 7.11. The van der Waals surface area contributed by atoms with Gasteiger partial charge in [-0.05, 0) is 61.8 Å². The number of rotatable bonds is 2. The molecule has 6 atom stereocenters. The van der Waals surface area contributed by atoms with Crippen LogP contribution in [0.25, 0.3) is 0 Å². The summed E-state index contributed by atoms with van der Waals surface area (Å²) in [5, 5.41) is 3.95. The lowest BCUT2D eigenvalue weighted by molar-refractivity contribution is 0.222. The van der Waals surface area contributed by atoms with Crippen molar-refractivity contribution in [3.05, 3.63) is 0 Å². The van der Waals surface area contributed by atoms with E-state index in [0.29, 0.717) is 0 Å². The van der Waals surface area contributed by atoms with Crippen LogP contribution >= 0.6 is 0 Å². The summed E-state index contributed by atoms with van der Waals surface area (Å²) in [5.41, 5.74) is 0. The molecule has 2 aliphatic rings. The largest absolute Gasteiger partial charge is 0.314 e. The highest BCUT2D eigenvalue weighted by atomic mass is 14.9. The molecule has 6 unspecified atom stereocenters. The van der Waals surface area contributed by atoms with Gasteiger partial charge >= 0.3 is 0 Å². The van der Waals surface area contributed by atoms with E-state index in [4.69, 9.17) is 0 Å². The van der Waals surface area contributed by atoms with E-state index >= 15 is 0 Å². The monoisotopic (exact) mass is 265 g/mol. The average Bonchev–Trinajstić information content (AvgIpc) is 2.85. The van der Waals surface area contributed by atoms with Gasteiger partial charge in [-0.3, -0.25) is 0 Å². The predicted molar refractivity (Wildman–Crippen MR) is 84.3 cm³/mol. The van der Waals surface area contributed by atoms with Crippen molar-refractivity contribution in [2.75, 3.05) is 6.54 Å². The van der Waals surface area contributed by atoms with Crippen LogP contribution in [-0.2, 0) is 0 Å². The summed E-state index contributed by atoms with van der Waals surface area (Å²) in [6, 6.07) is 0.801. The van der Waals surface area contributed by atoms with Crippen LogP contribution in [0.1, 0.15) is 72.6 Å². The van der Waals surface area contributed by atoms with Crippen LogP contribution < -0.4 is 5.32 Å². The Morgan fingerprint density at radius 3 is 2.42 bits per heavy atom. The quantitative estimate of drug-likeness (QED) is 0.751. The van der Waals surface area contributed by atoms with Gasteiger partial charge in [0.25, 0.3) is 0 Å². The van der Waals surface area contributed by atoms with Gasteiger partial charge in [-0.2, -0.15) is 0 Å². The summed E-state index contributed by atoms with van der Waals surface area (Å²) < 4.78 is 0. The number of hydrogen-bond donors (Lipinski definition) is 1. The summed E-state index contributed by atoms with van der Waals surface area (Å²) in [5.74, 6) is 4.65. The molecule has 1 heteroatoms. The van der Waals surface area contributed by atoms with Crippen molar-refractivity contribution in [1.29, 1.82) is 0 Å². The Balaban J connectivity index is 2.02. The van der Waals surface area contributed by atoms with Crippen molar-refractivity contribution in [3.63, 3.8) is 0 Å². The molecule has 1 nitrogen and oxygen atoms in total. The van der Waals surface area contributed by atoms with Crippen molar-refractivity contribution < 1.29 is 0 Å². The fourth-order valence-electron chi connectivity index (χ4n) is 4.64. The fourth-order valence-corrected chi connectivity index (χ4v) is 4.64. The highest BCUT2D eigenvalue weighted by Crippen LogP contribution is 2.39. The van der Waals surface area contributed by atoms with Crippen LogP contribution in [0.2, 0.25) is 0 Å². The van der Waals surface area contributed by atoms with Crippen LogP contribution in [0.5, 0.6) is 0 Å². The molecule has 1 heterocycles. The topological polar surface area (TPSA) is 12.0 Å². The van der Waals surface area contributed by atoms with E-state index in [-0.39, 0.29) is 0 Å². The van der Waals surface area contributed by atoms with E-state index in [1.165, 1.54) is 51.5 Å². The maximum Gasteiger partial charge on any atom is 0.0101 e. The Bertz CT molecular complexity index is 262. The summed E-state index contributed by atoms with van der Waals surface area (Å²) in [7, 11) is 0. The zero-order valence-corrected chi connectivity index (χ0v) is 13.6. The molecule has 2 rings (SSSR count). The summed E-state index contributed by atoms with van der Waals surface area (Å²) in [6.07, 6.45) is 10.0. The molecule has 0 aromatic rings. The van der Waals surface area contributed by atoms with Gasteiger partial charge < -0.3 is 5.32 Å². The first-order chi connectivity index (χ1) is 9.11. The Labute approximate surface area is 120 Å². The molecule has 1 aliphatic heterocycles. The summed E-state index contributed by atoms with van der Waals surface area (Å²) in [4.78, 5) is 0.